The van der Waals surface area contributed by atoms with Crippen LogP contribution in [0.15, 0.2) is 46.9 Å². The van der Waals surface area contributed by atoms with Crippen molar-refractivity contribution in [3.8, 4) is 0 Å². The maximum Gasteiger partial charge on any atom is 0.333 e. The molecule has 0 aromatic heterocycles. The molecule has 0 saturated carbocycles. The minimum absolute atomic E-state index is 0.200. The summed E-state index contributed by atoms with van der Waals surface area (Å²) >= 11 is 9.08. The fourth-order valence-corrected chi connectivity index (χ4v) is 2.33. The van der Waals surface area contributed by atoms with Gasteiger partial charge in [-0.25, -0.2) is 9.18 Å². The highest BCUT2D eigenvalue weighted by atomic mass is 79.9. The van der Waals surface area contributed by atoms with E-state index in [4.69, 9.17) is 16.3 Å². The number of hydrogen-bond donors (Lipinski definition) is 1. The Kier molecular flexibility index (Phi) is 5.20. The smallest absolute Gasteiger partial charge is 0.333 e. The number of benzene rings is 2. The Morgan fingerprint density at radius 3 is 2.57 bits per heavy atom. The summed E-state index contributed by atoms with van der Waals surface area (Å²) in [5.74, 6) is -1.07. The van der Waals surface area contributed by atoms with Gasteiger partial charge in [0.15, 0.2) is 6.04 Å². The Bertz CT molecular complexity index is 649. The largest absolute Gasteiger partial charge is 0.467 e. The van der Waals surface area contributed by atoms with Crippen molar-refractivity contribution < 1.29 is 13.9 Å². The lowest BCUT2D eigenvalue weighted by Crippen LogP contribution is -2.23. The molecule has 1 atom stereocenters. The Hall–Kier alpha value is -1.59. The summed E-state index contributed by atoms with van der Waals surface area (Å²) in [5, 5.41) is 3.52. The zero-order valence-electron chi connectivity index (χ0n) is 11.1. The second-order valence-corrected chi connectivity index (χ2v) is 5.63. The monoisotopic (exact) mass is 371 g/mol. The van der Waals surface area contributed by atoms with Gasteiger partial charge in [-0.05, 0) is 42.5 Å². The number of anilines is 1. The maximum atomic E-state index is 14.0. The van der Waals surface area contributed by atoms with Crippen LogP contribution in [0.2, 0.25) is 5.02 Å². The van der Waals surface area contributed by atoms with Crippen LogP contribution in [0, 0.1) is 5.82 Å². The van der Waals surface area contributed by atoms with E-state index < -0.39 is 17.8 Å². The molecule has 0 fully saturated rings. The Morgan fingerprint density at radius 1 is 1.29 bits per heavy atom. The standard InChI is InChI=1S/C15H12BrClFNO2/c1-21-15(20)14(12-8-9(16)2-7-13(12)18)19-11-5-3-10(17)4-6-11/h2-8,14,19H,1H3. The van der Waals surface area contributed by atoms with E-state index in [9.17, 15) is 9.18 Å². The molecule has 2 aromatic rings. The van der Waals surface area contributed by atoms with E-state index in [0.717, 1.165) is 0 Å². The molecule has 6 heteroatoms. The zero-order chi connectivity index (χ0) is 15.4. The van der Waals surface area contributed by atoms with Gasteiger partial charge in [-0.3, -0.25) is 0 Å². The normalized spacial score (nSPS) is 11.8. The molecule has 0 heterocycles. The van der Waals surface area contributed by atoms with Crippen molar-refractivity contribution in [3.05, 3.63) is 63.3 Å². The molecule has 0 aliphatic rings. The first-order valence-corrected chi connectivity index (χ1v) is 7.23. The topological polar surface area (TPSA) is 38.3 Å². The van der Waals surface area contributed by atoms with Gasteiger partial charge in [0.1, 0.15) is 5.82 Å². The van der Waals surface area contributed by atoms with E-state index in [1.54, 1.807) is 36.4 Å². The molecule has 2 rings (SSSR count). The molecule has 2 aromatic carbocycles. The van der Waals surface area contributed by atoms with Gasteiger partial charge in [0.2, 0.25) is 0 Å². The molecular formula is C15H12BrClFNO2. The molecule has 110 valence electrons. The summed E-state index contributed by atoms with van der Waals surface area (Å²) in [5.41, 5.74) is 0.834. The van der Waals surface area contributed by atoms with Crippen LogP contribution in [-0.2, 0) is 9.53 Å². The molecule has 1 unspecified atom stereocenters. The van der Waals surface area contributed by atoms with E-state index in [1.165, 1.54) is 13.2 Å². The van der Waals surface area contributed by atoms with Crippen molar-refractivity contribution in [2.45, 2.75) is 6.04 Å². The van der Waals surface area contributed by atoms with Crippen LogP contribution in [0.25, 0.3) is 0 Å². The van der Waals surface area contributed by atoms with Gasteiger partial charge in [0, 0.05) is 20.7 Å². The number of nitrogens with one attached hydrogen (secondary N) is 1. The molecule has 21 heavy (non-hydrogen) atoms. The molecule has 0 radical (unpaired) electrons. The third-order valence-corrected chi connectivity index (χ3v) is 3.61. The van der Waals surface area contributed by atoms with Crippen molar-refractivity contribution >= 4 is 39.2 Å². The molecule has 0 amide bonds. The van der Waals surface area contributed by atoms with Crippen molar-refractivity contribution in [1.82, 2.24) is 0 Å². The van der Waals surface area contributed by atoms with Gasteiger partial charge in [0.05, 0.1) is 7.11 Å². The lowest BCUT2D eigenvalue weighted by atomic mass is 10.1. The van der Waals surface area contributed by atoms with Crippen molar-refractivity contribution in [3.63, 3.8) is 0 Å². The van der Waals surface area contributed by atoms with Gasteiger partial charge in [-0.2, -0.15) is 0 Å². The highest BCUT2D eigenvalue weighted by molar-refractivity contribution is 9.10. The van der Waals surface area contributed by atoms with Gasteiger partial charge in [-0.1, -0.05) is 27.5 Å². The van der Waals surface area contributed by atoms with E-state index >= 15 is 0 Å². The highest BCUT2D eigenvalue weighted by Crippen LogP contribution is 2.26. The number of methoxy groups -OCH3 is 1. The van der Waals surface area contributed by atoms with Crippen LogP contribution in [0.3, 0.4) is 0 Å². The summed E-state index contributed by atoms with van der Waals surface area (Å²) in [7, 11) is 1.26. The predicted octanol–water partition coefficient (Wildman–Crippen LogP) is 4.57. The average molecular weight is 373 g/mol. The van der Waals surface area contributed by atoms with Crippen LogP contribution in [-0.4, -0.2) is 13.1 Å². The van der Waals surface area contributed by atoms with Gasteiger partial charge >= 0.3 is 5.97 Å². The molecule has 0 aliphatic heterocycles. The first-order chi connectivity index (χ1) is 10.0. The fourth-order valence-electron chi connectivity index (χ4n) is 1.83. The highest BCUT2D eigenvalue weighted by Gasteiger charge is 2.24. The number of carbonyl (C=O) groups excluding carboxylic acids is 1. The van der Waals surface area contributed by atoms with Crippen LogP contribution in [0.4, 0.5) is 10.1 Å². The molecule has 3 nitrogen and oxygen atoms in total. The third-order valence-electron chi connectivity index (χ3n) is 2.86. The summed E-state index contributed by atoms with van der Waals surface area (Å²) < 4.78 is 19.4. The van der Waals surface area contributed by atoms with Crippen LogP contribution < -0.4 is 5.32 Å². The number of halogens is 3. The van der Waals surface area contributed by atoms with Crippen LogP contribution >= 0.6 is 27.5 Å². The SMILES string of the molecule is COC(=O)C(Nc1ccc(Cl)cc1)c1cc(Br)ccc1F. The van der Waals surface area contributed by atoms with Crippen molar-refractivity contribution in [2.24, 2.45) is 0 Å². The third kappa shape index (κ3) is 3.95. The molecule has 0 aliphatic carbocycles. The first kappa shape index (κ1) is 15.8. The number of rotatable bonds is 4. The number of hydrogen-bond acceptors (Lipinski definition) is 3. The Morgan fingerprint density at radius 2 is 1.95 bits per heavy atom. The number of carbonyl (C=O) groups is 1. The minimum Gasteiger partial charge on any atom is -0.467 e. The Balaban J connectivity index is 2.36. The van der Waals surface area contributed by atoms with E-state index in [1.807, 2.05) is 0 Å². The van der Waals surface area contributed by atoms with E-state index in [-0.39, 0.29) is 5.56 Å². The molecule has 1 N–H and O–H groups in total. The molecular weight excluding hydrogens is 361 g/mol. The first-order valence-electron chi connectivity index (χ1n) is 6.06. The van der Waals surface area contributed by atoms with E-state index in [2.05, 4.69) is 21.2 Å². The number of ether oxygens (including phenoxy) is 1. The fraction of sp³-hybridized carbons (Fsp3) is 0.133. The minimum atomic E-state index is -0.950. The van der Waals surface area contributed by atoms with E-state index in [0.29, 0.717) is 15.2 Å². The summed E-state index contributed by atoms with van der Waals surface area (Å²) in [6.45, 7) is 0. The van der Waals surface area contributed by atoms with Crippen LogP contribution in [0.5, 0.6) is 0 Å². The van der Waals surface area contributed by atoms with Crippen molar-refractivity contribution in [2.75, 3.05) is 12.4 Å². The number of esters is 1. The van der Waals surface area contributed by atoms with Gasteiger partial charge in [-0.15, -0.1) is 0 Å². The molecule has 0 saturated heterocycles. The predicted molar refractivity (Wildman–Crippen MR) is 83.9 cm³/mol. The Labute approximate surface area is 135 Å². The van der Waals surface area contributed by atoms with Crippen molar-refractivity contribution in [1.29, 1.82) is 0 Å². The zero-order valence-corrected chi connectivity index (χ0v) is 13.4. The molecule has 0 spiro atoms. The second kappa shape index (κ2) is 6.91. The van der Waals surface area contributed by atoms with Crippen LogP contribution in [0.1, 0.15) is 11.6 Å². The maximum absolute atomic E-state index is 14.0. The average Bonchev–Trinajstić information content (AvgIpc) is 2.48. The lowest BCUT2D eigenvalue weighted by molar-refractivity contribution is -0.141. The van der Waals surface area contributed by atoms with Gasteiger partial charge in [0.25, 0.3) is 0 Å². The summed E-state index contributed by atoms with van der Waals surface area (Å²) in [4.78, 5) is 12.0. The second-order valence-electron chi connectivity index (χ2n) is 4.27. The summed E-state index contributed by atoms with van der Waals surface area (Å²) in [6.07, 6.45) is 0. The van der Waals surface area contributed by atoms with Gasteiger partial charge < -0.3 is 10.1 Å². The molecule has 0 bridgehead atoms. The lowest BCUT2D eigenvalue weighted by Gasteiger charge is -2.19. The summed E-state index contributed by atoms with van der Waals surface area (Å²) in [6, 6.07) is 10.2. The quantitative estimate of drug-likeness (QED) is 0.799.